The van der Waals surface area contributed by atoms with Crippen molar-refractivity contribution in [1.82, 2.24) is 36.8 Å². The fourth-order valence-corrected chi connectivity index (χ4v) is 12.5. The number of aliphatic hydroxyl groups excluding tert-OH is 3. The molecule has 2 saturated heterocycles. The quantitative estimate of drug-likeness (QED) is 0.0341. The van der Waals surface area contributed by atoms with Gasteiger partial charge in [-0.15, -0.1) is 11.8 Å². The number of thioether (sulfide) groups is 1. The second-order valence-corrected chi connectivity index (χ2v) is 23.2. The number of nitrogens with zero attached hydrogens (tertiary/aromatic N) is 1. The lowest BCUT2D eigenvalue weighted by molar-refractivity contribution is -0.251. The maximum Gasteiger partial charge on any atom is 0.244 e. The average Bonchev–Trinajstić information content (AvgIpc) is 4.05. The molecule has 11 atom stereocenters. The summed E-state index contributed by atoms with van der Waals surface area (Å²) in [7, 11) is -0.965. The Balaban J connectivity index is 1.67. The maximum absolute atomic E-state index is 16.3. The molecule has 0 aliphatic carbocycles. The van der Waals surface area contributed by atoms with Gasteiger partial charge < -0.3 is 73.9 Å². The molecule has 26 heteroatoms. The van der Waals surface area contributed by atoms with E-state index in [1.807, 2.05) is 91.0 Å². The van der Waals surface area contributed by atoms with Crippen LogP contribution in [0.2, 0.25) is 0 Å². The minimum Gasteiger partial charge on any atom is -0.394 e. The first-order chi connectivity index (χ1) is 39.5. The number of ether oxygens (including phenoxy) is 2. The molecule has 0 saturated carbocycles. The van der Waals surface area contributed by atoms with E-state index in [4.69, 9.17) is 26.7 Å². The molecule has 0 radical (unpaired) electrons. The summed E-state index contributed by atoms with van der Waals surface area (Å²) < 4.78 is 25.9. The second-order valence-electron chi connectivity index (χ2n) is 20.3. The summed E-state index contributed by atoms with van der Waals surface area (Å²) >= 11 is 1.52. The Kier molecular flexibility index (Phi) is 25.5. The molecule has 4 unspecified atom stereocenters. The fourth-order valence-electron chi connectivity index (χ4n) is 9.96. The third-order valence-electron chi connectivity index (χ3n) is 14.4. The van der Waals surface area contributed by atoms with Crippen LogP contribution in [0.1, 0.15) is 75.5 Å². The Morgan fingerprint density at radius 2 is 1.54 bits per heavy atom. The monoisotopic (exact) mass is 1190 g/mol. The minimum atomic E-state index is -2.52. The highest BCUT2D eigenvalue weighted by atomic mass is 32.2. The largest absolute Gasteiger partial charge is 0.394 e. The van der Waals surface area contributed by atoms with Crippen molar-refractivity contribution in [2.75, 3.05) is 44.9 Å². The van der Waals surface area contributed by atoms with Crippen molar-refractivity contribution in [3.63, 3.8) is 0 Å². The molecule has 24 nitrogen and oxygen atoms in total. The number of rotatable bonds is 26. The van der Waals surface area contributed by atoms with E-state index in [9.17, 15) is 53.1 Å². The number of aliphatic hydroxyl groups is 3. The number of benzene rings is 3. The normalized spacial score (nSPS) is 23.5. The van der Waals surface area contributed by atoms with Crippen LogP contribution < -0.4 is 49.1 Å². The number of amides is 7. The summed E-state index contributed by atoms with van der Waals surface area (Å²) in [5.41, 5.74) is 17.3. The smallest absolute Gasteiger partial charge is 0.244 e. The van der Waals surface area contributed by atoms with Crippen molar-refractivity contribution in [2.24, 2.45) is 23.1 Å². The highest BCUT2D eigenvalue weighted by molar-refractivity contribution is 8.00. The van der Waals surface area contributed by atoms with Crippen LogP contribution in [0.25, 0.3) is 0 Å². The van der Waals surface area contributed by atoms with Crippen LogP contribution in [0.15, 0.2) is 115 Å². The van der Waals surface area contributed by atoms with Gasteiger partial charge in [0.25, 0.3) is 0 Å². The van der Waals surface area contributed by atoms with Gasteiger partial charge >= 0.3 is 0 Å². The predicted molar refractivity (Wildman–Crippen MR) is 311 cm³/mol. The van der Waals surface area contributed by atoms with Crippen LogP contribution in [-0.4, -0.2) is 171 Å². The molecule has 3 aromatic rings. The average molecular weight is 1190 g/mol. The second kappa shape index (κ2) is 31.7. The van der Waals surface area contributed by atoms with E-state index in [1.54, 1.807) is 13.8 Å². The zero-order valence-corrected chi connectivity index (χ0v) is 48.4. The van der Waals surface area contributed by atoms with Crippen LogP contribution in [0.5, 0.6) is 0 Å². The molecule has 83 heavy (non-hydrogen) atoms. The topological polar surface area (TPSA) is 386 Å². The molecule has 452 valence electrons. The van der Waals surface area contributed by atoms with Crippen LogP contribution in [0.3, 0.4) is 0 Å². The molecule has 2 aliphatic rings. The van der Waals surface area contributed by atoms with Crippen molar-refractivity contribution >= 4 is 69.7 Å². The van der Waals surface area contributed by atoms with E-state index in [2.05, 4.69) is 45.1 Å². The molecular weight excluding hydrogens is 1110 g/mol. The van der Waals surface area contributed by atoms with Gasteiger partial charge in [0.1, 0.15) is 24.2 Å². The van der Waals surface area contributed by atoms with Gasteiger partial charge in [0, 0.05) is 32.2 Å². The molecule has 2 heterocycles. The Morgan fingerprint density at radius 3 is 2.06 bits per heavy atom. The molecule has 7 amide bonds. The molecule has 2 aliphatic heterocycles. The summed E-state index contributed by atoms with van der Waals surface area (Å²) in [6, 6.07) is 21.2. The van der Waals surface area contributed by atoms with Gasteiger partial charge in [0.15, 0.2) is 12.0 Å². The van der Waals surface area contributed by atoms with E-state index in [1.165, 1.54) is 23.8 Å². The summed E-state index contributed by atoms with van der Waals surface area (Å²) in [4.78, 5) is 112. The number of Topliss-reactive ketones (excluding diaryl/α,β-unsaturated/α-hetero) is 1. The number of carbonyl (C=O) groups excluding carboxylic acids is 8. The van der Waals surface area contributed by atoms with Gasteiger partial charge in [0.05, 0.1) is 70.7 Å². The summed E-state index contributed by atoms with van der Waals surface area (Å²) in [5.74, 6) is -8.69. The number of methoxy groups -OCH3 is 1. The first kappa shape index (κ1) is 66.9. The van der Waals surface area contributed by atoms with Crippen molar-refractivity contribution in [1.29, 1.82) is 0 Å². The highest BCUT2D eigenvalue weighted by Gasteiger charge is 2.57. The van der Waals surface area contributed by atoms with Crippen LogP contribution in [-0.2, 0) is 63.4 Å². The number of ketones is 1. The van der Waals surface area contributed by atoms with Gasteiger partial charge in [-0.3, -0.25) is 47.5 Å². The third kappa shape index (κ3) is 17.8. The van der Waals surface area contributed by atoms with Crippen molar-refractivity contribution in [2.45, 2.75) is 118 Å². The van der Waals surface area contributed by atoms with Gasteiger partial charge in [-0.05, 0) is 47.6 Å². The Hall–Kier alpha value is -6.88. The number of nitrogens with one attached hydrogen (secondary N) is 6. The summed E-state index contributed by atoms with van der Waals surface area (Å²) in [6.45, 7) is 8.96. The fraction of sp³-hybridized carbons (Fsp3) is 0.474. The van der Waals surface area contributed by atoms with Gasteiger partial charge in [-0.1, -0.05) is 124 Å². The molecule has 2 fully saturated rings. The molecule has 0 bridgehead atoms. The van der Waals surface area contributed by atoms with Gasteiger partial charge in [-0.25, -0.2) is 0 Å². The zero-order valence-electron chi connectivity index (χ0n) is 46.8. The van der Waals surface area contributed by atoms with Crippen LogP contribution in [0, 0.1) is 5.92 Å². The SMILES string of the molecule is C=C1CC(OC)O[C@](CCCSC(c2ccccc2)(c2ccccc2)c2ccccc2)(N2C[C@H](O)C[C@H]2C(=O)NC(C[C@@H](O)CO)C(N)=O)C(=O)[C@H](CC(N)=O)NC(=O)C(NC(=O)CNC(=O)[C@@H](NC(=O)CN)[C@@H](C)CC)CS(=O)C(=C)N1. The number of carbonyl (C=O) groups is 8. The van der Waals surface area contributed by atoms with E-state index in [0.29, 0.717) is 6.42 Å². The number of likely N-dealkylation sites (tertiary alicyclic amines) is 1. The molecular formula is C57H78N10O14S2. The van der Waals surface area contributed by atoms with E-state index in [-0.39, 0.29) is 35.7 Å². The molecule has 0 spiro atoms. The highest BCUT2D eigenvalue weighted by Crippen LogP contribution is 2.49. The van der Waals surface area contributed by atoms with Crippen LogP contribution in [0.4, 0.5) is 0 Å². The number of nitrogens with two attached hydrogens (primary N) is 3. The number of hydrogen-bond acceptors (Lipinski definition) is 18. The zero-order chi connectivity index (χ0) is 61.0. The maximum atomic E-state index is 16.3. The Bertz CT molecular complexity index is 2690. The lowest BCUT2D eigenvalue weighted by atomic mass is 9.84. The van der Waals surface area contributed by atoms with E-state index < -0.39 is 174 Å². The minimum absolute atomic E-state index is 0.0407. The van der Waals surface area contributed by atoms with Crippen LogP contribution >= 0.6 is 11.8 Å². The molecule has 0 aromatic heterocycles. The number of β-amino-alcohol motifs (C(OH)–C–C–N with tert-alkyl or cyclic N) is 1. The Morgan fingerprint density at radius 1 is 0.952 bits per heavy atom. The van der Waals surface area contributed by atoms with E-state index in [0.717, 1.165) is 16.7 Å². The van der Waals surface area contributed by atoms with Gasteiger partial charge in [0.2, 0.25) is 47.1 Å². The van der Waals surface area contributed by atoms with Gasteiger partial charge in [-0.2, -0.15) is 0 Å². The van der Waals surface area contributed by atoms with Crippen molar-refractivity contribution in [3.8, 4) is 0 Å². The number of primary amides is 2. The molecule has 5 rings (SSSR count). The lowest BCUT2D eigenvalue weighted by Gasteiger charge is -2.46. The van der Waals surface area contributed by atoms with E-state index >= 15 is 4.79 Å². The Labute approximate surface area is 489 Å². The first-order valence-corrected chi connectivity index (χ1v) is 29.4. The van der Waals surface area contributed by atoms with Crippen molar-refractivity contribution in [3.05, 3.63) is 132 Å². The number of hydrogen-bond donors (Lipinski definition) is 12. The molecule has 3 aromatic carbocycles. The molecule has 15 N–H and O–H groups in total. The standard InChI is InChI=1S/C57H78N10O14S2/c1-6-34(2)50(66-47(72)29-58)55(78)61-30-48(73)63-44-33-83(79)36(4)62-35(3)25-49(80-5)81-56(51(74)42(28-46(59)71)64-53(44)76,67-31-40(69)27-45(67)54(77)65-43(52(60)75)26-41(70)32-68)23-16-24-82-57(37-17-10-7-11-18-37,38-19-12-8-13-20-38)39-21-14-9-15-22-39/h7-15,17-22,34,40-45,49-50,62,68-70H,3-4,6,16,23-33,58H2,1-2,5H3,(H2,59,71)(H2,60,75)(H,61,78)(H,63,73)(H,64,76)(H,65,77)(H,66,72)/t34-,40+,41+,42-,43?,44?,45-,49?,50-,56-,83?/m0/s1. The first-order valence-electron chi connectivity index (χ1n) is 27.1. The summed E-state index contributed by atoms with van der Waals surface area (Å²) in [5, 5.41) is 46.6. The lowest BCUT2D eigenvalue weighted by Crippen LogP contribution is -2.68. The van der Waals surface area contributed by atoms with Crippen molar-refractivity contribution < 1.29 is 67.4 Å². The third-order valence-corrected chi connectivity index (χ3v) is 17.3. The predicted octanol–water partition coefficient (Wildman–Crippen LogP) is -0.927. The summed E-state index contributed by atoms with van der Waals surface area (Å²) in [6.07, 6.45) is -6.41.